The average molecular weight is 1400 g/mol. The van der Waals surface area contributed by atoms with E-state index in [2.05, 4.69) is 28.2 Å². The molecule has 0 radical (unpaired) electrons. The number of nitrogens with zero attached hydrogens (tertiary/aromatic N) is 5. The zero-order valence-corrected chi connectivity index (χ0v) is 55.4. The molecule has 6 aliphatic heterocycles. The van der Waals surface area contributed by atoms with Gasteiger partial charge in [-0.05, 0) is 80.4 Å². The zero-order chi connectivity index (χ0) is 72.1. The van der Waals surface area contributed by atoms with E-state index in [0.29, 0.717) is 75.7 Å². The Hall–Kier alpha value is -10.0. The number of ether oxygens (including phenoxy) is 2. The van der Waals surface area contributed by atoms with Gasteiger partial charge in [-0.3, -0.25) is 38.5 Å². The van der Waals surface area contributed by atoms with Gasteiger partial charge in [0.25, 0.3) is 23.6 Å². The number of halogens is 6. The van der Waals surface area contributed by atoms with E-state index >= 15 is 0 Å². The van der Waals surface area contributed by atoms with Crippen molar-refractivity contribution in [3.05, 3.63) is 197 Å². The smallest absolute Gasteiger partial charge is 0.410 e. The summed E-state index contributed by atoms with van der Waals surface area (Å²) in [6.07, 6.45) is 7.49. The molecular weight excluding hydrogens is 1310 g/mol. The Bertz CT molecular complexity index is 3890. The first-order valence-electron chi connectivity index (χ1n) is 33.0. The van der Waals surface area contributed by atoms with Crippen LogP contribution in [0.5, 0.6) is 11.5 Å². The second-order valence-corrected chi connectivity index (χ2v) is 26.1. The summed E-state index contributed by atoms with van der Waals surface area (Å²) in [4.78, 5) is 117. The molecule has 100 heavy (non-hydrogen) atoms. The van der Waals surface area contributed by atoms with Crippen molar-refractivity contribution in [2.24, 2.45) is 23.5 Å². The summed E-state index contributed by atoms with van der Waals surface area (Å²) in [6, 6.07) is 20.2. The summed E-state index contributed by atoms with van der Waals surface area (Å²) in [5, 5.41) is 31.4. The molecule has 8 heterocycles. The number of amides is 6. The number of ketones is 1. The molecule has 7 atom stereocenters. The minimum absolute atomic E-state index is 0.0230. The molecule has 4 aromatic carbocycles. The fourth-order valence-corrected chi connectivity index (χ4v) is 12.7. The highest BCUT2D eigenvalue weighted by molar-refractivity contribution is 6.00. The maximum atomic E-state index is 13.8. The van der Waals surface area contributed by atoms with Gasteiger partial charge in [0.15, 0.2) is 28.7 Å². The Labute approximate surface area is 571 Å². The van der Waals surface area contributed by atoms with Gasteiger partial charge in [-0.2, -0.15) is 0 Å². The molecule has 6 aliphatic rings. The molecule has 0 aliphatic carbocycles. The van der Waals surface area contributed by atoms with Gasteiger partial charge < -0.3 is 65.6 Å². The molecule has 4 fully saturated rings. The molecule has 1 unspecified atom stereocenters. The van der Waals surface area contributed by atoms with Gasteiger partial charge in [0.1, 0.15) is 59.2 Å². The molecule has 534 valence electrons. The molecule has 6 aromatic rings. The topological polar surface area (TPSA) is 306 Å². The van der Waals surface area contributed by atoms with Gasteiger partial charge in [0.2, 0.25) is 10.9 Å². The van der Waals surface area contributed by atoms with E-state index < -0.39 is 128 Å². The third-order valence-corrected chi connectivity index (χ3v) is 18.2. The van der Waals surface area contributed by atoms with Crippen molar-refractivity contribution in [2.45, 2.75) is 123 Å². The number of Topliss-reactive ketones (excluding diaryl/α,β-unsaturated/α-hetero) is 1. The van der Waals surface area contributed by atoms with Crippen LogP contribution in [0.2, 0.25) is 0 Å². The van der Waals surface area contributed by atoms with Crippen LogP contribution in [-0.2, 0) is 40.6 Å². The number of nitrogens with one attached hydrogen (secondary N) is 4. The lowest BCUT2D eigenvalue weighted by Crippen LogP contribution is -2.45. The van der Waals surface area contributed by atoms with Crippen LogP contribution in [-0.4, -0.2) is 140 Å². The van der Waals surface area contributed by atoms with Gasteiger partial charge in [-0.25, -0.2) is 35.9 Å². The number of hydrogen-bond donors (Lipinski definition) is 7. The van der Waals surface area contributed by atoms with E-state index in [1.54, 1.807) is 9.80 Å². The Morgan fingerprint density at radius 3 is 1.46 bits per heavy atom. The van der Waals surface area contributed by atoms with E-state index in [1.165, 1.54) is 39.3 Å². The number of pyridine rings is 2. The molecule has 2 aromatic heterocycles. The lowest BCUT2D eigenvalue weighted by Gasteiger charge is -2.34. The molecular formula is C71H80F6N10O13. The summed E-state index contributed by atoms with van der Waals surface area (Å²) in [7, 11) is 0. The quantitative estimate of drug-likeness (QED) is 0.0600. The fourth-order valence-electron chi connectivity index (χ4n) is 12.7. The standard InChI is InChI=1S/C22H24N2O5.2C21H20F3N3O4.C7H16N2/c25-20-12-11-19(23-21(26)28-15-17-7-3-1-4-8-17)13-24(14-20)22(27)29-16-18-9-5-2-6-10-18;2*1-10-2-3-12-8-26(7-10)21(31)17-19(29)18(28)14(9-27(12)17)20(30)25-6-13-15(23)4-11(22)5-16(13)24;1-6-2-3-7(8)5-9-4-6/h1-10,19H,11-16H2,(H,23,26);2*4-5,9-10,12,29H,2-3,6-8H2,1H3,(H,25,30);6-7,9H,2-5,8H2,1H3/t19-;10-,12+;10-,12-;6?,7-/m0100/s1. The second-order valence-electron chi connectivity index (χ2n) is 26.1. The second kappa shape index (κ2) is 33.7. The highest BCUT2D eigenvalue weighted by Gasteiger charge is 2.40. The number of aromatic nitrogens is 2. The van der Waals surface area contributed by atoms with Crippen LogP contribution in [0.15, 0.2) is 107 Å². The van der Waals surface area contributed by atoms with Crippen molar-refractivity contribution >= 4 is 41.6 Å². The van der Waals surface area contributed by atoms with Crippen molar-refractivity contribution < 1.29 is 79.6 Å². The van der Waals surface area contributed by atoms with E-state index in [4.69, 9.17) is 15.2 Å². The molecule has 29 heteroatoms. The summed E-state index contributed by atoms with van der Waals surface area (Å²) in [5.74, 6) is -10.2. The maximum absolute atomic E-state index is 13.8. The van der Waals surface area contributed by atoms with Crippen LogP contribution in [0.1, 0.15) is 148 Å². The van der Waals surface area contributed by atoms with E-state index in [0.717, 1.165) is 43.0 Å². The monoisotopic (exact) mass is 1390 g/mol. The highest BCUT2D eigenvalue weighted by Crippen LogP contribution is 2.35. The number of fused-ring (bicyclic) bond motifs is 8. The lowest BCUT2D eigenvalue weighted by molar-refractivity contribution is -0.119. The van der Waals surface area contributed by atoms with Gasteiger partial charge in [-0.1, -0.05) is 81.4 Å². The first kappa shape index (κ1) is 74.2. The van der Waals surface area contributed by atoms with Crippen molar-refractivity contribution in [3.8, 4) is 11.5 Å². The van der Waals surface area contributed by atoms with Crippen LogP contribution in [0, 0.1) is 52.7 Å². The maximum Gasteiger partial charge on any atom is 0.410 e. The third-order valence-electron chi connectivity index (χ3n) is 18.2. The number of alkyl carbamates (subject to hydrolysis) is 1. The number of nitrogens with two attached hydrogens (primary N) is 1. The molecule has 8 N–H and O–H groups in total. The number of hydrogen-bond acceptors (Lipinski definition) is 15. The summed E-state index contributed by atoms with van der Waals surface area (Å²) in [5.41, 5.74) is 3.00. The fraction of sp³-hybridized carbons (Fsp3) is 0.423. The van der Waals surface area contributed by atoms with Crippen LogP contribution < -0.4 is 37.9 Å². The van der Waals surface area contributed by atoms with Crippen LogP contribution >= 0.6 is 0 Å². The zero-order valence-electron chi connectivity index (χ0n) is 55.4. The molecule has 12 rings (SSSR count). The summed E-state index contributed by atoms with van der Waals surface area (Å²) < 4.78 is 94.8. The van der Waals surface area contributed by atoms with E-state index in [-0.39, 0.29) is 79.9 Å². The molecule has 6 amide bonds. The molecule has 23 nitrogen and oxygen atoms in total. The van der Waals surface area contributed by atoms with Crippen LogP contribution in [0.3, 0.4) is 0 Å². The van der Waals surface area contributed by atoms with Gasteiger partial charge in [0.05, 0.1) is 24.7 Å². The number of rotatable bonds is 11. The van der Waals surface area contributed by atoms with Crippen molar-refractivity contribution in [1.82, 2.24) is 45.1 Å². The lowest BCUT2D eigenvalue weighted by atomic mass is 10.0. The first-order chi connectivity index (χ1) is 47.7. The first-order valence-corrected chi connectivity index (χ1v) is 33.0. The number of likely N-dealkylation sites (tertiary alicyclic amines) is 1. The number of benzene rings is 4. The van der Waals surface area contributed by atoms with Gasteiger partial charge >= 0.3 is 12.2 Å². The predicted molar refractivity (Wildman–Crippen MR) is 352 cm³/mol. The van der Waals surface area contributed by atoms with Crippen molar-refractivity contribution in [2.75, 3.05) is 52.4 Å². The molecule has 4 saturated heterocycles. The Kier molecular flexibility index (Phi) is 25.0. The van der Waals surface area contributed by atoms with Gasteiger partial charge in [-0.15, -0.1) is 0 Å². The van der Waals surface area contributed by atoms with Crippen LogP contribution in [0.4, 0.5) is 35.9 Å². The van der Waals surface area contributed by atoms with E-state index in [1.807, 2.05) is 74.5 Å². The minimum atomic E-state index is -1.18. The Morgan fingerprint density at radius 2 is 1.00 bits per heavy atom. The predicted octanol–water partition coefficient (Wildman–Crippen LogP) is 8.27. The largest absolute Gasteiger partial charge is 0.503 e. The van der Waals surface area contributed by atoms with Crippen molar-refractivity contribution in [3.63, 3.8) is 0 Å². The summed E-state index contributed by atoms with van der Waals surface area (Å²) in [6.45, 7) is 9.44. The number of aromatic hydroxyl groups is 2. The van der Waals surface area contributed by atoms with E-state index in [9.17, 15) is 79.7 Å². The average Bonchev–Trinajstić information content (AvgIpc) is 1.14. The SMILES string of the molecule is CC1CC[C@H](N)CNC1.C[C@@H]1CC[C@H]2CN(C1)C(=O)c1c(O)c(=O)c(C(=O)NCc3c(F)cc(F)cc3F)cn12.C[C@H]1CC[C@H]2CN(C1)C(=O)c1c(O)c(=O)c(C(=O)NCc3c(F)cc(F)cc3F)cn12.O=C1CC[C@H](NC(=O)OCc2ccccc2)CN(C(=O)OCc2ccccc2)C1. The Morgan fingerprint density at radius 1 is 0.560 bits per heavy atom. The Balaban J connectivity index is 0.000000164. The van der Waals surface area contributed by atoms with Crippen molar-refractivity contribution in [1.29, 1.82) is 0 Å². The minimum Gasteiger partial charge on any atom is -0.503 e. The third kappa shape index (κ3) is 18.8. The molecule has 4 bridgehead atoms. The summed E-state index contributed by atoms with van der Waals surface area (Å²) >= 11 is 0. The molecule has 0 spiro atoms. The van der Waals surface area contributed by atoms with Gasteiger partial charge in [0, 0.05) is 113 Å². The highest BCUT2D eigenvalue weighted by atomic mass is 19.2. The number of carbonyl (C=O) groups is 7. The number of carbonyl (C=O) groups excluding carboxylic acids is 7. The van der Waals surface area contributed by atoms with Crippen LogP contribution in [0.25, 0.3) is 0 Å². The molecule has 0 saturated carbocycles. The normalized spacial score (nSPS) is 20.8.